The topological polar surface area (TPSA) is 72.6 Å². The van der Waals surface area contributed by atoms with Crippen molar-refractivity contribution in [3.05, 3.63) is 35.4 Å². The molecule has 0 saturated carbocycles. The van der Waals surface area contributed by atoms with E-state index >= 15 is 0 Å². The maximum Gasteiger partial charge on any atom is 0.372 e. The third-order valence-electron chi connectivity index (χ3n) is 2.50. The molecule has 0 aliphatic rings. The molecule has 0 aliphatic carbocycles. The Hall–Kier alpha value is -1.39. The standard InChI is InChI=1S/C11H15NO3/c1-11(2,7-12)9-5-3-8(4-6-9)10(13)15-14/h3-6,14H,7,12H2,1-2H3. The molecule has 0 heterocycles. The quantitative estimate of drug-likeness (QED) is 0.585. The summed E-state index contributed by atoms with van der Waals surface area (Å²) >= 11 is 0. The highest BCUT2D eigenvalue weighted by Gasteiger charge is 2.18. The fourth-order valence-corrected chi connectivity index (χ4v) is 1.23. The summed E-state index contributed by atoms with van der Waals surface area (Å²) in [5, 5.41) is 8.19. The second-order valence-electron chi connectivity index (χ2n) is 4.04. The Bertz CT molecular complexity index is 343. The minimum Gasteiger partial charge on any atom is -0.330 e. The molecule has 0 fully saturated rings. The van der Waals surface area contributed by atoms with Crippen molar-refractivity contribution in [2.45, 2.75) is 19.3 Å². The van der Waals surface area contributed by atoms with Crippen molar-refractivity contribution >= 4 is 5.97 Å². The zero-order valence-electron chi connectivity index (χ0n) is 8.86. The highest BCUT2D eigenvalue weighted by Crippen LogP contribution is 2.21. The van der Waals surface area contributed by atoms with Crippen molar-refractivity contribution in [1.82, 2.24) is 0 Å². The molecule has 0 amide bonds. The first-order valence-corrected chi connectivity index (χ1v) is 4.67. The fourth-order valence-electron chi connectivity index (χ4n) is 1.23. The summed E-state index contributed by atoms with van der Waals surface area (Å²) in [4.78, 5) is 14.6. The van der Waals surface area contributed by atoms with Crippen molar-refractivity contribution in [3.8, 4) is 0 Å². The van der Waals surface area contributed by atoms with Crippen LogP contribution in [0.4, 0.5) is 0 Å². The van der Waals surface area contributed by atoms with E-state index < -0.39 is 5.97 Å². The molecular weight excluding hydrogens is 194 g/mol. The molecule has 0 saturated heterocycles. The van der Waals surface area contributed by atoms with E-state index in [0.29, 0.717) is 12.1 Å². The fraction of sp³-hybridized carbons (Fsp3) is 0.364. The van der Waals surface area contributed by atoms with Gasteiger partial charge in [0.25, 0.3) is 0 Å². The minimum atomic E-state index is -0.757. The third-order valence-corrected chi connectivity index (χ3v) is 2.50. The molecule has 3 N–H and O–H groups in total. The maximum atomic E-state index is 10.9. The minimum absolute atomic E-state index is 0.123. The highest BCUT2D eigenvalue weighted by molar-refractivity contribution is 5.88. The number of hydrogen-bond donors (Lipinski definition) is 2. The molecule has 1 aromatic rings. The van der Waals surface area contributed by atoms with Crippen LogP contribution in [-0.4, -0.2) is 17.8 Å². The Labute approximate surface area is 88.6 Å². The van der Waals surface area contributed by atoms with Gasteiger partial charge in [-0.15, -0.1) is 0 Å². The lowest BCUT2D eigenvalue weighted by Crippen LogP contribution is -2.28. The van der Waals surface area contributed by atoms with E-state index in [2.05, 4.69) is 4.89 Å². The summed E-state index contributed by atoms with van der Waals surface area (Å²) in [6, 6.07) is 6.81. The van der Waals surface area contributed by atoms with Crippen LogP contribution >= 0.6 is 0 Å². The lowest BCUT2D eigenvalue weighted by molar-refractivity contribution is -0.182. The van der Waals surface area contributed by atoms with Crippen molar-refractivity contribution in [2.75, 3.05) is 6.54 Å². The molecule has 4 nitrogen and oxygen atoms in total. The summed E-state index contributed by atoms with van der Waals surface area (Å²) in [6.07, 6.45) is 0. The van der Waals surface area contributed by atoms with Gasteiger partial charge in [-0.05, 0) is 17.7 Å². The Morgan fingerprint density at radius 1 is 1.40 bits per heavy atom. The molecule has 4 heteroatoms. The van der Waals surface area contributed by atoms with Crippen LogP contribution in [0.5, 0.6) is 0 Å². The van der Waals surface area contributed by atoms with Crippen molar-refractivity contribution in [1.29, 1.82) is 0 Å². The first kappa shape index (κ1) is 11.7. The second-order valence-corrected chi connectivity index (χ2v) is 4.04. The second kappa shape index (κ2) is 4.42. The molecule has 0 bridgehead atoms. The first-order valence-electron chi connectivity index (χ1n) is 4.67. The molecule has 0 unspecified atom stereocenters. The van der Waals surface area contributed by atoms with E-state index in [1.807, 2.05) is 13.8 Å². The van der Waals surface area contributed by atoms with Gasteiger partial charge >= 0.3 is 5.97 Å². The van der Waals surface area contributed by atoms with E-state index in [9.17, 15) is 4.79 Å². The van der Waals surface area contributed by atoms with E-state index in [1.165, 1.54) is 0 Å². The normalized spacial score (nSPS) is 11.2. The third kappa shape index (κ3) is 2.55. The van der Waals surface area contributed by atoms with E-state index in [4.69, 9.17) is 11.0 Å². The molecule has 0 spiro atoms. The van der Waals surface area contributed by atoms with Gasteiger partial charge in [-0.3, -0.25) is 4.89 Å². The summed E-state index contributed by atoms with van der Waals surface area (Å²) in [5.74, 6) is -0.757. The summed E-state index contributed by atoms with van der Waals surface area (Å²) in [7, 11) is 0. The largest absolute Gasteiger partial charge is 0.372 e. The highest BCUT2D eigenvalue weighted by atomic mass is 17.1. The van der Waals surface area contributed by atoms with Gasteiger partial charge in [0.2, 0.25) is 0 Å². The predicted molar refractivity (Wildman–Crippen MR) is 56.6 cm³/mol. The van der Waals surface area contributed by atoms with Crippen LogP contribution in [0.2, 0.25) is 0 Å². The molecule has 1 rings (SSSR count). The van der Waals surface area contributed by atoms with Gasteiger partial charge in [0, 0.05) is 12.0 Å². The molecule has 15 heavy (non-hydrogen) atoms. The average Bonchev–Trinajstić information content (AvgIpc) is 2.28. The van der Waals surface area contributed by atoms with E-state index in [0.717, 1.165) is 5.56 Å². The summed E-state index contributed by atoms with van der Waals surface area (Å²) in [6.45, 7) is 4.57. The maximum absolute atomic E-state index is 10.9. The van der Waals surface area contributed by atoms with Crippen LogP contribution in [0.25, 0.3) is 0 Å². The Morgan fingerprint density at radius 3 is 2.33 bits per heavy atom. The van der Waals surface area contributed by atoms with Crippen LogP contribution in [0.3, 0.4) is 0 Å². The van der Waals surface area contributed by atoms with Gasteiger partial charge in [-0.1, -0.05) is 26.0 Å². The molecule has 0 aromatic heterocycles. The van der Waals surface area contributed by atoms with Crippen LogP contribution in [0.1, 0.15) is 29.8 Å². The number of carbonyl (C=O) groups is 1. The van der Waals surface area contributed by atoms with Crippen molar-refractivity contribution in [3.63, 3.8) is 0 Å². The average molecular weight is 209 g/mol. The van der Waals surface area contributed by atoms with Gasteiger partial charge in [0.15, 0.2) is 0 Å². The zero-order chi connectivity index (χ0) is 11.5. The van der Waals surface area contributed by atoms with Gasteiger partial charge in [-0.25, -0.2) is 4.79 Å². The van der Waals surface area contributed by atoms with E-state index in [-0.39, 0.29) is 5.41 Å². The predicted octanol–water partition coefficient (Wildman–Crippen LogP) is 1.55. The summed E-state index contributed by atoms with van der Waals surface area (Å²) in [5.41, 5.74) is 6.86. The van der Waals surface area contributed by atoms with Gasteiger partial charge in [0.05, 0.1) is 5.56 Å². The summed E-state index contributed by atoms with van der Waals surface area (Å²) < 4.78 is 0. The Kier molecular flexibility index (Phi) is 3.44. The molecule has 0 aliphatic heterocycles. The zero-order valence-corrected chi connectivity index (χ0v) is 8.86. The number of benzene rings is 1. The lowest BCUT2D eigenvalue weighted by atomic mass is 9.84. The molecule has 82 valence electrons. The molecule has 0 radical (unpaired) electrons. The van der Waals surface area contributed by atoms with Gasteiger partial charge in [0.1, 0.15) is 0 Å². The molecule has 0 atom stereocenters. The van der Waals surface area contributed by atoms with Crippen LogP contribution in [0.15, 0.2) is 24.3 Å². The number of hydrogen-bond acceptors (Lipinski definition) is 4. The van der Waals surface area contributed by atoms with Crippen LogP contribution in [0, 0.1) is 0 Å². The van der Waals surface area contributed by atoms with Gasteiger partial charge in [-0.2, -0.15) is 5.26 Å². The van der Waals surface area contributed by atoms with Crippen molar-refractivity contribution in [2.24, 2.45) is 5.73 Å². The number of nitrogens with two attached hydrogens (primary N) is 1. The Balaban J connectivity index is 2.95. The van der Waals surface area contributed by atoms with E-state index in [1.54, 1.807) is 24.3 Å². The van der Waals surface area contributed by atoms with Crippen LogP contribution in [-0.2, 0) is 10.3 Å². The number of carbonyl (C=O) groups excluding carboxylic acids is 1. The monoisotopic (exact) mass is 209 g/mol. The molecule has 1 aromatic carbocycles. The Morgan fingerprint density at radius 2 is 1.93 bits per heavy atom. The first-order chi connectivity index (χ1) is 7.01. The molecular formula is C11H15NO3. The number of rotatable bonds is 3. The SMILES string of the molecule is CC(C)(CN)c1ccc(C(=O)OO)cc1. The van der Waals surface area contributed by atoms with Gasteiger partial charge < -0.3 is 5.73 Å². The lowest BCUT2D eigenvalue weighted by Gasteiger charge is -2.22. The van der Waals surface area contributed by atoms with Crippen molar-refractivity contribution < 1.29 is 14.9 Å². The smallest absolute Gasteiger partial charge is 0.330 e. The van der Waals surface area contributed by atoms with Crippen LogP contribution < -0.4 is 5.73 Å².